The van der Waals surface area contributed by atoms with E-state index in [-0.39, 0.29) is 11.7 Å². The molecule has 1 aromatic rings. The van der Waals surface area contributed by atoms with Crippen LogP contribution in [0, 0.1) is 0 Å². The molecule has 1 aliphatic rings. The van der Waals surface area contributed by atoms with Crippen molar-refractivity contribution in [1.82, 2.24) is 9.62 Å². The Morgan fingerprint density at radius 2 is 2.25 bits per heavy atom. The van der Waals surface area contributed by atoms with Gasteiger partial charge in [-0.15, -0.1) is 11.3 Å². The lowest BCUT2D eigenvalue weighted by Gasteiger charge is -2.26. The lowest BCUT2D eigenvalue weighted by Crippen LogP contribution is -2.42. The minimum absolute atomic E-state index is 0.0205. The van der Waals surface area contributed by atoms with E-state index < -0.39 is 10.0 Å². The first-order valence-corrected chi connectivity index (χ1v) is 9.34. The van der Waals surface area contributed by atoms with Gasteiger partial charge in [0, 0.05) is 30.9 Å². The van der Waals surface area contributed by atoms with Crippen LogP contribution in [0.2, 0.25) is 0 Å². The molecule has 20 heavy (non-hydrogen) atoms. The van der Waals surface area contributed by atoms with Gasteiger partial charge in [0.1, 0.15) is 0 Å². The topological polar surface area (TPSA) is 66.5 Å². The molecule has 0 saturated carbocycles. The van der Waals surface area contributed by atoms with Crippen molar-refractivity contribution in [3.8, 4) is 0 Å². The SMILES string of the molecule is O=C(CCc1cccs1)NCCN1CCCCS1(=O)=O. The van der Waals surface area contributed by atoms with Gasteiger partial charge in [-0.25, -0.2) is 12.7 Å². The van der Waals surface area contributed by atoms with Gasteiger partial charge in [-0.05, 0) is 30.7 Å². The van der Waals surface area contributed by atoms with E-state index in [1.807, 2.05) is 17.5 Å². The van der Waals surface area contributed by atoms with E-state index in [9.17, 15) is 13.2 Å². The summed E-state index contributed by atoms with van der Waals surface area (Å²) >= 11 is 1.64. The van der Waals surface area contributed by atoms with Crippen molar-refractivity contribution in [2.45, 2.75) is 25.7 Å². The molecule has 0 aromatic carbocycles. The Bertz CT molecular complexity index is 526. The molecular weight excluding hydrogens is 296 g/mol. The van der Waals surface area contributed by atoms with Crippen molar-refractivity contribution < 1.29 is 13.2 Å². The van der Waals surface area contributed by atoms with E-state index in [1.165, 1.54) is 9.18 Å². The molecule has 7 heteroatoms. The van der Waals surface area contributed by atoms with Crippen molar-refractivity contribution in [1.29, 1.82) is 0 Å². The summed E-state index contributed by atoms with van der Waals surface area (Å²) in [5.74, 6) is 0.215. The molecule has 0 atom stereocenters. The largest absolute Gasteiger partial charge is 0.355 e. The molecule has 112 valence electrons. The Labute approximate surface area is 124 Å². The van der Waals surface area contributed by atoms with Crippen LogP contribution in [0.15, 0.2) is 17.5 Å². The predicted octanol–water partition coefficient (Wildman–Crippen LogP) is 1.22. The van der Waals surface area contributed by atoms with Crippen LogP contribution in [-0.2, 0) is 21.2 Å². The van der Waals surface area contributed by atoms with Gasteiger partial charge in [0.25, 0.3) is 0 Å². The van der Waals surface area contributed by atoms with Crippen LogP contribution in [-0.4, -0.2) is 44.0 Å². The maximum atomic E-state index is 11.8. The third-order valence-electron chi connectivity index (χ3n) is 3.32. The zero-order chi connectivity index (χ0) is 14.4. The van der Waals surface area contributed by atoms with Crippen LogP contribution in [0.25, 0.3) is 0 Å². The number of thiophene rings is 1. The van der Waals surface area contributed by atoms with E-state index in [1.54, 1.807) is 11.3 Å². The van der Waals surface area contributed by atoms with Crippen molar-refractivity contribution in [2.24, 2.45) is 0 Å². The van der Waals surface area contributed by atoms with E-state index in [4.69, 9.17) is 0 Å². The number of carbonyl (C=O) groups is 1. The van der Waals surface area contributed by atoms with Gasteiger partial charge in [-0.1, -0.05) is 6.07 Å². The van der Waals surface area contributed by atoms with Crippen molar-refractivity contribution in [2.75, 3.05) is 25.4 Å². The lowest BCUT2D eigenvalue weighted by molar-refractivity contribution is -0.121. The highest BCUT2D eigenvalue weighted by molar-refractivity contribution is 7.89. The van der Waals surface area contributed by atoms with Gasteiger partial charge in [0.05, 0.1) is 5.75 Å². The third-order valence-corrected chi connectivity index (χ3v) is 6.21. The molecule has 0 aliphatic carbocycles. The Morgan fingerprint density at radius 3 is 2.95 bits per heavy atom. The van der Waals surface area contributed by atoms with Gasteiger partial charge in [0.15, 0.2) is 0 Å². The number of hydrogen-bond acceptors (Lipinski definition) is 4. The standard InChI is InChI=1S/C13H20N2O3S2/c16-13(6-5-12-4-3-10-19-12)14-7-9-15-8-1-2-11-20(15,17)18/h3-4,10H,1-2,5-9,11H2,(H,14,16). The Kier molecular flexibility index (Phi) is 5.56. The molecule has 1 amide bonds. The monoisotopic (exact) mass is 316 g/mol. The maximum absolute atomic E-state index is 11.8. The molecule has 2 heterocycles. The number of amides is 1. The van der Waals surface area contributed by atoms with Gasteiger partial charge in [0.2, 0.25) is 15.9 Å². The normalized spacial score (nSPS) is 18.8. The average Bonchev–Trinajstić information content (AvgIpc) is 2.91. The van der Waals surface area contributed by atoms with Gasteiger partial charge >= 0.3 is 0 Å². The minimum atomic E-state index is -3.09. The highest BCUT2D eigenvalue weighted by atomic mass is 32.2. The Morgan fingerprint density at radius 1 is 1.40 bits per heavy atom. The number of aryl methyl sites for hydroxylation is 1. The first-order chi connectivity index (χ1) is 9.58. The van der Waals surface area contributed by atoms with Crippen LogP contribution >= 0.6 is 11.3 Å². The van der Waals surface area contributed by atoms with Gasteiger partial charge < -0.3 is 5.32 Å². The van der Waals surface area contributed by atoms with Crippen molar-refractivity contribution in [3.05, 3.63) is 22.4 Å². The maximum Gasteiger partial charge on any atom is 0.220 e. The van der Waals surface area contributed by atoms with Crippen LogP contribution in [0.1, 0.15) is 24.1 Å². The van der Waals surface area contributed by atoms with E-state index in [0.29, 0.717) is 26.1 Å². The zero-order valence-electron chi connectivity index (χ0n) is 11.4. The number of sulfonamides is 1. The number of hydrogen-bond donors (Lipinski definition) is 1. The second-order valence-corrected chi connectivity index (χ2v) is 7.97. The summed E-state index contributed by atoms with van der Waals surface area (Å²) < 4.78 is 25.0. The highest BCUT2D eigenvalue weighted by Crippen LogP contribution is 2.12. The second-order valence-electron chi connectivity index (χ2n) is 4.85. The van der Waals surface area contributed by atoms with Crippen LogP contribution in [0.3, 0.4) is 0 Å². The van der Waals surface area contributed by atoms with Gasteiger partial charge in [-0.3, -0.25) is 4.79 Å². The van der Waals surface area contributed by atoms with Crippen molar-refractivity contribution in [3.63, 3.8) is 0 Å². The summed E-state index contributed by atoms with van der Waals surface area (Å²) in [4.78, 5) is 12.9. The number of carbonyl (C=O) groups excluding carboxylic acids is 1. The van der Waals surface area contributed by atoms with Gasteiger partial charge in [-0.2, -0.15) is 0 Å². The molecule has 0 bridgehead atoms. The molecule has 0 spiro atoms. The molecule has 2 rings (SSSR count). The summed E-state index contributed by atoms with van der Waals surface area (Å²) in [5.41, 5.74) is 0. The predicted molar refractivity (Wildman–Crippen MR) is 80.2 cm³/mol. The molecule has 0 unspecified atom stereocenters. The summed E-state index contributed by atoms with van der Waals surface area (Å²) in [5, 5.41) is 4.78. The third kappa shape index (κ3) is 4.57. The average molecular weight is 316 g/mol. The van der Waals surface area contributed by atoms with Crippen molar-refractivity contribution >= 4 is 27.3 Å². The molecule has 1 aliphatic heterocycles. The Hall–Kier alpha value is -0.920. The summed E-state index contributed by atoms with van der Waals surface area (Å²) in [6.07, 6.45) is 2.84. The first kappa shape index (κ1) is 15.5. The van der Waals surface area contributed by atoms with Crippen LogP contribution in [0.4, 0.5) is 0 Å². The van der Waals surface area contributed by atoms with Crippen LogP contribution < -0.4 is 5.32 Å². The first-order valence-electron chi connectivity index (χ1n) is 6.85. The number of rotatable bonds is 6. The molecule has 1 fully saturated rings. The minimum Gasteiger partial charge on any atom is -0.355 e. The van der Waals surface area contributed by atoms with E-state index in [0.717, 1.165) is 19.3 Å². The zero-order valence-corrected chi connectivity index (χ0v) is 13.0. The fourth-order valence-corrected chi connectivity index (χ4v) is 4.50. The number of nitrogens with one attached hydrogen (secondary N) is 1. The molecule has 5 nitrogen and oxygen atoms in total. The molecule has 1 aromatic heterocycles. The second kappa shape index (κ2) is 7.19. The Balaban J connectivity index is 1.66. The summed E-state index contributed by atoms with van der Waals surface area (Å²) in [6.45, 7) is 1.35. The van der Waals surface area contributed by atoms with Crippen LogP contribution in [0.5, 0.6) is 0 Å². The lowest BCUT2D eigenvalue weighted by atomic mass is 10.2. The van der Waals surface area contributed by atoms with E-state index in [2.05, 4.69) is 5.32 Å². The number of nitrogens with zero attached hydrogens (tertiary/aromatic N) is 1. The molecular formula is C13H20N2O3S2. The summed E-state index contributed by atoms with van der Waals surface area (Å²) in [6, 6.07) is 3.98. The molecule has 0 radical (unpaired) electrons. The smallest absolute Gasteiger partial charge is 0.220 e. The molecule has 1 N–H and O–H groups in total. The highest BCUT2D eigenvalue weighted by Gasteiger charge is 2.24. The summed E-state index contributed by atoms with van der Waals surface area (Å²) in [7, 11) is -3.09. The quantitative estimate of drug-likeness (QED) is 0.858. The molecule has 1 saturated heterocycles. The fraction of sp³-hybridized carbons (Fsp3) is 0.615. The fourth-order valence-electron chi connectivity index (χ4n) is 2.19. The van der Waals surface area contributed by atoms with E-state index >= 15 is 0 Å².